The van der Waals surface area contributed by atoms with Gasteiger partial charge in [-0.2, -0.15) is 0 Å². The lowest BCUT2D eigenvalue weighted by atomic mass is 10.2. The van der Waals surface area contributed by atoms with E-state index in [1.54, 1.807) is 6.20 Å². The number of hydrogen-bond donors (Lipinski definition) is 0. The predicted octanol–water partition coefficient (Wildman–Crippen LogP) is 3.06. The van der Waals surface area contributed by atoms with Gasteiger partial charge in [-0.15, -0.1) is 5.10 Å². The Morgan fingerprint density at radius 1 is 1.41 bits per heavy atom. The van der Waals surface area contributed by atoms with Gasteiger partial charge in [0.1, 0.15) is 0 Å². The fourth-order valence-corrected chi connectivity index (χ4v) is 1.63. The van der Waals surface area contributed by atoms with Gasteiger partial charge in [0, 0.05) is 11.8 Å². The van der Waals surface area contributed by atoms with Crippen molar-refractivity contribution in [3.05, 3.63) is 47.3 Å². The van der Waals surface area contributed by atoms with Gasteiger partial charge in [-0.05, 0) is 13.0 Å². The number of benzene rings is 1. The van der Waals surface area contributed by atoms with Crippen LogP contribution in [0.15, 0.2) is 24.4 Å². The number of alkyl halides is 1. The third-order valence-electron chi connectivity index (χ3n) is 2.33. The average molecular weight is 302 g/mol. The van der Waals surface area contributed by atoms with Gasteiger partial charge < -0.3 is 0 Å². The van der Waals surface area contributed by atoms with Gasteiger partial charge in [0.05, 0.1) is 17.1 Å². The van der Waals surface area contributed by atoms with Crippen LogP contribution < -0.4 is 0 Å². The van der Waals surface area contributed by atoms with Crippen LogP contribution in [0.25, 0.3) is 0 Å². The zero-order valence-corrected chi connectivity index (χ0v) is 10.7. The Morgan fingerprint density at radius 2 is 2.18 bits per heavy atom. The molecule has 1 unspecified atom stereocenters. The van der Waals surface area contributed by atoms with E-state index < -0.39 is 11.6 Å². The summed E-state index contributed by atoms with van der Waals surface area (Å²) in [7, 11) is 0. The molecule has 0 aliphatic carbocycles. The molecule has 0 aliphatic rings. The van der Waals surface area contributed by atoms with Crippen molar-refractivity contribution in [2.75, 3.05) is 0 Å². The van der Waals surface area contributed by atoms with Crippen LogP contribution in [0.1, 0.15) is 23.0 Å². The molecule has 1 heterocycles. The molecule has 2 rings (SSSR count). The Morgan fingerprint density at radius 3 is 2.82 bits per heavy atom. The topological polar surface area (TPSA) is 30.7 Å². The first kappa shape index (κ1) is 12.2. The molecule has 0 radical (unpaired) electrons. The lowest BCUT2D eigenvalue weighted by molar-refractivity contribution is 0.490. The average Bonchev–Trinajstić information content (AvgIpc) is 2.73. The van der Waals surface area contributed by atoms with Crippen LogP contribution >= 0.6 is 15.9 Å². The van der Waals surface area contributed by atoms with Crippen molar-refractivity contribution >= 4 is 15.9 Å². The number of halogens is 3. The highest BCUT2D eigenvalue weighted by Gasteiger charge is 2.10. The SMILES string of the molecule is CC(Br)c1cn(Cc2cccc(F)c2F)nn1. The maximum absolute atomic E-state index is 13.4. The normalized spacial score (nSPS) is 12.7. The summed E-state index contributed by atoms with van der Waals surface area (Å²) >= 11 is 3.36. The van der Waals surface area contributed by atoms with Crippen LogP contribution in [0, 0.1) is 11.6 Å². The first-order valence-corrected chi connectivity index (χ1v) is 5.96. The molecule has 0 aliphatic heterocycles. The van der Waals surface area contributed by atoms with E-state index in [-0.39, 0.29) is 16.9 Å². The summed E-state index contributed by atoms with van der Waals surface area (Å²) in [6, 6.07) is 4.09. The van der Waals surface area contributed by atoms with E-state index in [1.807, 2.05) is 6.92 Å². The van der Waals surface area contributed by atoms with Crippen molar-refractivity contribution < 1.29 is 8.78 Å². The van der Waals surface area contributed by atoms with Crippen LogP contribution in [-0.2, 0) is 6.54 Å². The van der Waals surface area contributed by atoms with E-state index in [9.17, 15) is 8.78 Å². The Kier molecular flexibility index (Phi) is 3.51. The predicted molar refractivity (Wildman–Crippen MR) is 62.8 cm³/mol. The van der Waals surface area contributed by atoms with Crippen LogP contribution in [0.4, 0.5) is 8.78 Å². The quantitative estimate of drug-likeness (QED) is 0.816. The molecule has 3 nitrogen and oxygen atoms in total. The first-order valence-electron chi connectivity index (χ1n) is 5.05. The minimum absolute atomic E-state index is 0.0774. The van der Waals surface area contributed by atoms with Crippen molar-refractivity contribution in [1.82, 2.24) is 15.0 Å². The molecule has 0 bridgehead atoms. The molecule has 17 heavy (non-hydrogen) atoms. The summed E-state index contributed by atoms with van der Waals surface area (Å²) in [5, 5.41) is 7.76. The van der Waals surface area contributed by atoms with E-state index in [0.717, 1.165) is 11.8 Å². The highest BCUT2D eigenvalue weighted by molar-refractivity contribution is 9.09. The van der Waals surface area contributed by atoms with Gasteiger partial charge in [-0.25, -0.2) is 13.5 Å². The molecule has 1 aromatic carbocycles. The van der Waals surface area contributed by atoms with E-state index in [4.69, 9.17) is 0 Å². The Balaban J connectivity index is 2.22. The van der Waals surface area contributed by atoms with Crippen LogP contribution in [0.5, 0.6) is 0 Å². The summed E-state index contributed by atoms with van der Waals surface area (Å²) in [5.41, 5.74) is 1.01. The third-order valence-corrected chi connectivity index (χ3v) is 2.80. The monoisotopic (exact) mass is 301 g/mol. The lowest BCUT2D eigenvalue weighted by Gasteiger charge is -2.03. The molecule has 1 atom stereocenters. The first-order chi connectivity index (χ1) is 8.08. The smallest absolute Gasteiger partial charge is 0.163 e. The number of rotatable bonds is 3. The summed E-state index contributed by atoms with van der Waals surface area (Å²) < 4.78 is 27.9. The van der Waals surface area contributed by atoms with Crippen molar-refractivity contribution in [2.24, 2.45) is 0 Å². The molecule has 6 heteroatoms. The van der Waals surface area contributed by atoms with Crippen molar-refractivity contribution in [3.8, 4) is 0 Å². The van der Waals surface area contributed by atoms with Gasteiger partial charge >= 0.3 is 0 Å². The molecule has 1 aromatic heterocycles. The maximum atomic E-state index is 13.4. The van der Waals surface area contributed by atoms with E-state index in [2.05, 4.69) is 26.2 Å². The zero-order chi connectivity index (χ0) is 12.4. The third kappa shape index (κ3) is 2.69. The van der Waals surface area contributed by atoms with Crippen molar-refractivity contribution in [1.29, 1.82) is 0 Å². The summed E-state index contributed by atoms with van der Waals surface area (Å²) in [4.78, 5) is 0.0774. The Labute approximate surface area is 106 Å². The molecule has 0 amide bonds. The second-order valence-corrected chi connectivity index (χ2v) is 5.04. The molecule has 90 valence electrons. The van der Waals surface area contributed by atoms with Crippen LogP contribution in [-0.4, -0.2) is 15.0 Å². The summed E-state index contributed by atoms with van der Waals surface area (Å²) in [6.45, 7) is 2.08. The fourth-order valence-electron chi connectivity index (χ4n) is 1.42. The van der Waals surface area contributed by atoms with Crippen molar-refractivity contribution in [2.45, 2.75) is 18.3 Å². The molecule has 2 aromatic rings. The number of hydrogen-bond acceptors (Lipinski definition) is 2. The fraction of sp³-hybridized carbons (Fsp3) is 0.273. The van der Waals surface area contributed by atoms with Crippen LogP contribution in [0.3, 0.4) is 0 Å². The van der Waals surface area contributed by atoms with Gasteiger partial charge in [0.25, 0.3) is 0 Å². The molecular weight excluding hydrogens is 292 g/mol. The number of aromatic nitrogens is 3. The van der Waals surface area contributed by atoms with Crippen molar-refractivity contribution in [3.63, 3.8) is 0 Å². The standard InChI is InChI=1S/C11H10BrF2N3/c1-7(12)10-6-17(16-15-10)5-8-3-2-4-9(13)11(8)14/h2-4,6-7H,5H2,1H3. The highest BCUT2D eigenvalue weighted by atomic mass is 79.9. The minimum Gasteiger partial charge on any atom is -0.248 e. The molecule has 0 saturated heterocycles. The van der Waals surface area contributed by atoms with Gasteiger partial charge in [0.2, 0.25) is 0 Å². The Hall–Kier alpha value is -1.30. The second-order valence-electron chi connectivity index (χ2n) is 3.67. The second kappa shape index (κ2) is 4.91. The largest absolute Gasteiger partial charge is 0.248 e. The maximum Gasteiger partial charge on any atom is 0.163 e. The highest BCUT2D eigenvalue weighted by Crippen LogP contribution is 2.19. The molecule has 0 fully saturated rings. The summed E-state index contributed by atoms with van der Waals surface area (Å²) in [6.07, 6.45) is 1.70. The van der Waals surface area contributed by atoms with Gasteiger partial charge in [0.15, 0.2) is 11.6 Å². The van der Waals surface area contributed by atoms with Crippen LogP contribution in [0.2, 0.25) is 0 Å². The molecular formula is C11H10BrF2N3. The zero-order valence-electron chi connectivity index (χ0n) is 9.07. The molecule has 0 N–H and O–H groups in total. The van der Waals surface area contributed by atoms with E-state index >= 15 is 0 Å². The molecule has 0 spiro atoms. The van der Waals surface area contributed by atoms with E-state index in [1.165, 1.54) is 16.8 Å². The number of nitrogens with zero attached hydrogens (tertiary/aromatic N) is 3. The minimum atomic E-state index is -0.850. The Bertz CT molecular complexity index is 525. The molecule has 0 saturated carbocycles. The van der Waals surface area contributed by atoms with E-state index in [0.29, 0.717) is 0 Å². The van der Waals surface area contributed by atoms with Gasteiger partial charge in [-0.1, -0.05) is 33.3 Å². The summed E-state index contributed by atoms with van der Waals surface area (Å²) in [5.74, 6) is -1.69. The van der Waals surface area contributed by atoms with Gasteiger partial charge in [-0.3, -0.25) is 0 Å². The lowest BCUT2D eigenvalue weighted by Crippen LogP contribution is -2.04.